The highest BCUT2D eigenvalue weighted by atomic mass is 16.6. The zero-order valence-corrected chi connectivity index (χ0v) is 11.4. The summed E-state index contributed by atoms with van der Waals surface area (Å²) in [6, 6.07) is -0.448. The minimum Gasteiger partial charge on any atom is -0.481 e. The number of hydrogen-bond acceptors (Lipinski definition) is 7. The number of carbonyl (C=O) groups is 1. The minimum absolute atomic E-state index is 0.0538. The van der Waals surface area contributed by atoms with Gasteiger partial charge in [0.2, 0.25) is 5.82 Å². The third kappa shape index (κ3) is 3.31. The summed E-state index contributed by atoms with van der Waals surface area (Å²) in [6.07, 6.45) is 0.995. The second kappa shape index (κ2) is 6.64. The van der Waals surface area contributed by atoms with Crippen molar-refractivity contribution in [2.45, 2.75) is 26.3 Å². The van der Waals surface area contributed by atoms with Crippen LogP contribution in [0.25, 0.3) is 0 Å². The van der Waals surface area contributed by atoms with E-state index in [9.17, 15) is 14.9 Å². The summed E-state index contributed by atoms with van der Waals surface area (Å²) in [5.41, 5.74) is -0.367. The summed E-state index contributed by atoms with van der Waals surface area (Å²) >= 11 is 0. The first-order chi connectivity index (χ1) is 9.42. The molecule has 0 aliphatic heterocycles. The fraction of sp³-hybridized carbons (Fsp3) is 0.545. The monoisotopic (exact) mass is 284 g/mol. The standard InChI is InChI=1S/C11H16N4O5/c1-4-14(7(2)5-8(16)17)10-9(15(18)19)11(20-3)13-6-12-10/h6-7H,4-5H2,1-3H3,(H,16,17). The molecule has 0 fully saturated rings. The molecule has 0 aliphatic carbocycles. The van der Waals surface area contributed by atoms with E-state index in [0.29, 0.717) is 6.54 Å². The molecule has 1 atom stereocenters. The second-order valence-electron chi connectivity index (χ2n) is 4.05. The Kier molecular flexibility index (Phi) is 5.18. The van der Waals surface area contributed by atoms with Crippen molar-refractivity contribution >= 4 is 17.5 Å². The number of aromatic nitrogens is 2. The quantitative estimate of drug-likeness (QED) is 0.583. The summed E-state index contributed by atoms with van der Waals surface area (Å²) in [7, 11) is 1.27. The fourth-order valence-electron chi connectivity index (χ4n) is 1.91. The topological polar surface area (TPSA) is 119 Å². The molecule has 0 aliphatic rings. The number of ether oxygens (including phenoxy) is 1. The molecule has 9 heteroatoms. The average molecular weight is 284 g/mol. The van der Waals surface area contributed by atoms with Crippen LogP contribution in [0.4, 0.5) is 11.5 Å². The van der Waals surface area contributed by atoms with Gasteiger partial charge in [0, 0.05) is 12.6 Å². The van der Waals surface area contributed by atoms with Crippen molar-refractivity contribution in [1.29, 1.82) is 0 Å². The van der Waals surface area contributed by atoms with Crippen LogP contribution in [0.15, 0.2) is 6.33 Å². The molecule has 1 N–H and O–H groups in total. The minimum atomic E-state index is -0.986. The summed E-state index contributed by atoms with van der Waals surface area (Å²) in [6.45, 7) is 3.79. The molecule has 0 aromatic carbocycles. The molecule has 9 nitrogen and oxygen atoms in total. The van der Waals surface area contributed by atoms with Crippen LogP contribution in [0.3, 0.4) is 0 Å². The van der Waals surface area contributed by atoms with Crippen LogP contribution in [-0.4, -0.2) is 45.7 Å². The number of nitrogens with zero attached hydrogens (tertiary/aromatic N) is 4. The Labute approximate surface area is 115 Å². The van der Waals surface area contributed by atoms with E-state index in [2.05, 4.69) is 9.97 Å². The highest BCUT2D eigenvalue weighted by molar-refractivity contribution is 5.69. The van der Waals surface area contributed by atoms with E-state index in [4.69, 9.17) is 9.84 Å². The highest BCUT2D eigenvalue weighted by Crippen LogP contribution is 2.34. The number of anilines is 1. The Morgan fingerprint density at radius 2 is 2.25 bits per heavy atom. The second-order valence-corrected chi connectivity index (χ2v) is 4.05. The first kappa shape index (κ1) is 15.6. The molecule has 0 amide bonds. The van der Waals surface area contributed by atoms with Gasteiger partial charge in [-0.05, 0) is 13.8 Å². The van der Waals surface area contributed by atoms with Crippen molar-refractivity contribution < 1.29 is 19.6 Å². The largest absolute Gasteiger partial charge is 0.481 e. The SMILES string of the molecule is CCN(c1ncnc(OC)c1[N+](=O)[O-])C(C)CC(=O)O. The molecule has 1 aromatic rings. The van der Waals surface area contributed by atoms with E-state index in [0.717, 1.165) is 6.33 Å². The first-order valence-corrected chi connectivity index (χ1v) is 5.94. The summed E-state index contributed by atoms with van der Waals surface area (Å²) in [5.74, 6) is -1.08. The lowest BCUT2D eigenvalue weighted by Crippen LogP contribution is -2.35. The lowest BCUT2D eigenvalue weighted by molar-refractivity contribution is -0.385. The molecule has 0 saturated heterocycles. The lowest BCUT2D eigenvalue weighted by atomic mass is 10.2. The Morgan fingerprint density at radius 3 is 2.70 bits per heavy atom. The van der Waals surface area contributed by atoms with Crippen LogP contribution in [0, 0.1) is 10.1 Å². The molecule has 0 radical (unpaired) electrons. The predicted molar refractivity (Wildman–Crippen MR) is 70.0 cm³/mol. The van der Waals surface area contributed by atoms with Gasteiger partial charge < -0.3 is 14.7 Å². The van der Waals surface area contributed by atoms with Crippen LogP contribution >= 0.6 is 0 Å². The van der Waals surface area contributed by atoms with Crippen molar-refractivity contribution in [3.8, 4) is 5.88 Å². The van der Waals surface area contributed by atoms with Crippen molar-refractivity contribution in [3.05, 3.63) is 16.4 Å². The third-order valence-electron chi connectivity index (χ3n) is 2.76. The zero-order chi connectivity index (χ0) is 15.3. The molecule has 110 valence electrons. The Bertz CT molecular complexity index is 508. The molecule has 0 spiro atoms. The lowest BCUT2D eigenvalue weighted by Gasteiger charge is -2.27. The van der Waals surface area contributed by atoms with E-state index in [1.54, 1.807) is 13.8 Å². The van der Waals surface area contributed by atoms with Gasteiger partial charge >= 0.3 is 11.7 Å². The third-order valence-corrected chi connectivity index (χ3v) is 2.76. The van der Waals surface area contributed by atoms with Gasteiger partial charge in [0.1, 0.15) is 6.33 Å². The van der Waals surface area contributed by atoms with Gasteiger partial charge in [-0.1, -0.05) is 0 Å². The molecule has 20 heavy (non-hydrogen) atoms. The van der Waals surface area contributed by atoms with E-state index in [1.807, 2.05) is 0 Å². The van der Waals surface area contributed by atoms with Crippen LogP contribution in [0.2, 0.25) is 0 Å². The maximum Gasteiger partial charge on any atom is 0.372 e. The number of aliphatic carboxylic acids is 1. The number of nitro groups is 1. The molecule has 1 aromatic heterocycles. The van der Waals surface area contributed by atoms with Crippen LogP contribution in [-0.2, 0) is 4.79 Å². The molecular formula is C11H16N4O5. The molecular weight excluding hydrogens is 268 g/mol. The van der Waals surface area contributed by atoms with Crippen LogP contribution < -0.4 is 9.64 Å². The van der Waals surface area contributed by atoms with Crippen molar-refractivity contribution in [2.24, 2.45) is 0 Å². The Morgan fingerprint density at radius 1 is 1.60 bits per heavy atom. The maximum absolute atomic E-state index is 11.2. The highest BCUT2D eigenvalue weighted by Gasteiger charge is 2.30. The van der Waals surface area contributed by atoms with Gasteiger partial charge in [0.05, 0.1) is 18.5 Å². The van der Waals surface area contributed by atoms with E-state index < -0.39 is 16.9 Å². The van der Waals surface area contributed by atoms with Crippen LogP contribution in [0.1, 0.15) is 20.3 Å². The molecule has 1 rings (SSSR count). The number of carboxylic acid groups (broad SMARTS) is 1. The van der Waals surface area contributed by atoms with Crippen molar-refractivity contribution in [2.75, 3.05) is 18.6 Å². The van der Waals surface area contributed by atoms with Crippen molar-refractivity contribution in [1.82, 2.24) is 9.97 Å². The predicted octanol–water partition coefficient (Wildman–Crippen LogP) is 1.08. The zero-order valence-electron chi connectivity index (χ0n) is 11.4. The smallest absolute Gasteiger partial charge is 0.372 e. The van der Waals surface area contributed by atoms with Crippen molar-refractivity contribution in [3.63, 3.8) is 0 Å². The van der Waals surface area contributed by atoms with Gasteiger partial charge in [-0.15, -0.1) is 0 Å². The van der Waals surface area contributed by atoms with Crippen LogP contribution in [0.5, 0.6) is 5.88 Å². The summed E-state index contributed by atoms with van der Waals surface area (Å²) < 4.78 is 4.87. The maximum atomic E-state index is 11.2. The molecule has 0 bridgehead atoms. The Balaban J connectivity index is 3.27. The van der Waals surface area contributed by atoms with Gasteiger partial charge in [0.15, 0.2) is 0 Å². The number of methoxy groups -OCH3 is 1. The molecule has 1 heterocycles. The Hall–Kier alpha value is -2.45. The molecule has 0 saturated carbocycles. The summed E-state index contributed by atoms with van der Waals surface area (Å²) in [4.78, 5) is 30.5. The van der Waals surface area contributed by atoms with Gasteiger partial charge in [-0.25, -0.2) is 4.98 Å². The average Bonchev–Trinajstić information content (AvgIpc) is 2.37. The van der Waals surface area contributed by atoms with Gasteiger partial charge in [-0.3, -0.25) is 14.9 Å². The van der Waals surface area contributed by atoms with Gasteiger partial charge in [0.25, 0.3) is 5.88 Å². The first-order valence-electron chi connectivity index (χ1n) is 5.94. The van der Waals surface area contributed by atoms with E-state index >= 15 is 0 Å². The van der Waals surface area contributed by atoms with Gasteiger partial charge in [-0.2, -0.15) is 4.98 Å². The number of hydrogen-bond donors (Lipinski definition) is 1. The fourth-order valence-corrected chi connectivity index (χ4v) is 1.91. The number of rotatable bonds is 7. The molecule has 1 unspecified atom stereocenters. The summed E-state index contributed by atoms with van der Waals surface area (Å²) in [5, 5.41) is 20.0. The van der Waals surface area contributed by atoms with E-state index in [-0.39, 0.29) is 23.8 Å². The number of carboxylic acids is 1. The van der Waals surface area contributed by atoms with E-state index in [1.165, 1.54) is 12.0 Å². The normalized spacial score (nSPS) is 11.8.